The number of nitrogens with one attached hydrogen (secondary N) is 1. The lowest BCUT2D eigenvalue weighted by atomic mass is 9.99. The third-order valence-electron chi connectivity index (χ3n) is 4.78. The number of carbonyl (C=O) groups excluding carboxylic acids is 1. The fourth-order valence-corrected chi connectivity index (χ4v) is 3.81. The molecule has 0 radical (unpaired) electrons. The highest BCUT2D eigenvalue weighted by molar-refractivity contribution is 7.13. The average molecular weight is 382 g/mol. The fourth-order valence-electron chi connectivity index (χ4n) is 3.12. The summed E-state index contributed by atoms with van der Waals surface area (Å²) in [5, 5.41) is 9.63. The number of hydrogen-bond donors (Lipinski definition) is 1. The summed E-state index contributed by atoms with van der Waals surface area (Å²) in [4.78, 5) is 23.7. The number of hydrogen-bond acceptors (Lipinski definition) is 6. The quantitative estimate of drug-likeness (QED) is 0.733. The van der Waals surface area contributed by atoms with Gasteiger partial charge >= 0.3 is 0 Å². The Morgan fingerprint density at radius 2 is 2.19 bits per heavy atom. The van der Waals surface area contributed by atoms with E-state index in [0.29, 0.717) is 16.5 Å². The van der Waals surface area contributed by atoms with E-state index >= 15 is 0 Å². The zero-order valence-electron chi connectivity index (χ0n) is 15.2. The monoisotopic (exact) mass is 382 g/mol. The zero-order valence-corrected chi connectivity index (χ0v) is 16.0. The van der Waals surface area contributed by atoms with Crippen molar-refractivity contribution in [2.24, 2.45) is 5.92 Å². The lowest BCUT2D eigenvalue weighted by Gasteiger charge is -2.29. The number of rotatable bonds is 5. The molecule has 4 heterocycles. The van der Waals surface area contributed by atoms with Crippen LogP contribution in [-0.4, -0.2) is 43.6 Å². The third kappa shape index (κ3) is 4.40. The SMILES string of the molecule is CC1CCN(Cc2csc(NC(=O)c3ccc(-n4cccn4)nc3)n2)CC1. The molecule has 0 aromatic carbocycles. The van der Waals surface area contributed by atoms with E-state index < -0.39 is 0 Å². The summed E-state index contributed by atoms with van der Waals surface area (Å²) in [5.41, 5.74) is 1.50. The molecule has 140 valence electrons. The van der Waals surface area contributed by atoms with Gasteiger partial charge in [-0.15, -0.1) is 11.3 Å². The van der Waals surface area contributed by atoms with Gasteiger partial charge in [-0.05, 0) is 50.0 Å². The summed E-state index contributed by atoms with van der Waals surface area (Å²) >= 11 is 1.46. The number of pyridine rings is 1. The van der Waals surface area contributed by atoms with E-state index in [2.05, 4.69) is 32.2 Å². The molecule has 0 bridgehead atoms. The normalized spacial score (nSPS) is 15.7. The van der Waals surface area contributed by atoms with E-state index in [-0.39, 0.29) is 5.91 Å². The van der Waals surface area contributed by atoms with Crippen LogP contribution in [0.5, 0.6) is 0 Å². The largest absolute Gasteiger partial charge is 0.298 e. The second-order valence-electron chi connectivity index (χ2n) is 6.91. The third-order valence-corrected chi connectivity index (χ3v) is 5.59. The van der Waals surface area contributed by atoms with E-state index in [1.807, 2.05) is 17.6 Å². The first-order chi connectivity index (χ1) is 13.2. The van der Waals surface area contributed by atoms with Crippen LogP contribution < -0.4 is 5.32 Å². The van der Waals surface area contributed by atoms with Crippen LogP contribution in [0.15, 0.2) is 42.2 Å². The highest BCUT2D eigenvalue weighted by Crippen LogP contribution is 2.21. The van der Waals surface area contributed by atoms with Crippen molar-refractivity contribution in [3.63, 3.8) is 0 Å². The highest BCUT2D eigenvalue weighted by atomic mass is 32.1. The molecule has 1 aliphatic heterocycles. The first-order valence-corrected chi connectivity index (χ1v) is 9.99. The van der Waals surface area contributed by atoms with Crippen LogP contribution in [0.25, 0.3) is 5.82 Å². The molecule has 0 spiro atoms. The number of anilines is 1. The van der Waals surface area contributed by atoms with Crippen LogP contribution in [0.4, 0.5) is 5.13 Å². The molecule has 1 amide bonds. The molecule has 3 aromatic heterocycles. The molecule has 8 heteroatoms. The van der Waals surface area contributed by atoms with Crippen LogP contribution >= 0.6 is 11.3 Å². The molecule has 0 saturated carbocycles. The number of nitrogens with zero attached hydrogens (tertiary/aromatic N) is 5. The zero-order chi connectivity index (χ0) is 18.6. The molecule has 0 unspecified atom stereocenters. The van der Waals surface area contributed by atoms with Gasteiger partial charge in [-0.2, -0.15) is 5.10 Å². The van der Waals surface area contributed by atoms with Crippen LogP contribution in [0.1, 0.15) is 35.8 Å². The Balaban J connectivity index is 1.35. The summed E-state index contributed by atoms with van der Waals surface area (Å²) in [6.45, 7) is 5.40. The molecular formula is C19H22N6OS. The van der Waals surface area contributed by atoms with Crippen molar-refractivity contribution in [1.82, 2.24) is 24.6 Å². The van der Waals surface area contributed by atoms with Gasteiger partial charge in [0.2, 0.25) is 0 Å². The van der Waals surface area contributed by atoms with Gasteiger partial charge in [-0.25, -0.2) is 14.6 Å². The van der Waals surface area contributed by atoms with Crippen molar-refractivity contribution >= 4 is 22.4 Å². The standard InChI is InChI=1S/C19H22N6OS/c1-14-5-9-24(10-6-14)12-16-13-27-19(22-16)23-18(26)15-3-4-17(20-11-15)25-8-2-7-21-25/h2-4,7-8,11,13-14H,5-6,9-10,12H2,1H3,(H,22,23,26). The van der Waals surface area contributed by atoms with Crippen molar-refractivity contribution in [2.75, 3.05) is 18.4 Å². The maximum absolute atomic E-state index is 12.4. The van der Waals surface area contributed by atoms with E-state index in [0.717, 1.165) is 31.2 Å². The van der Waals surface area contributed by atoms with Gasteiger partial charge in [0, 0.05) is 30.5 Å². The molecular weight excluding hydrogens is 360 g/mol. The van der Waals surface area contributed by atoms with Crippen molar-refractivity contribution in [1.29, 1.82) is 0 Å². The number of amides is 1. The molecule has 4 rings (SSSR count). The summed E-state index contributed by atoms with van der Waals surface area (Å²) < 4.78 is 1.65. The first kappa shape index (κ1) is 17.8. The van der Waals surface area contributed by atoms with E-state index in [1.54, 1.807) is 29.2 Å². The minimum atomic E-state index is -0.206. The molecule has 3 aromatic rings. The fraction of sp³-hybridized carbons (Fsp3) is 0.368. The summed E-state index contributed by atoms with van der Waals surface area (Å²) in [6.07, 6.45) is 7.54. The highest BCUT2D eigenvalue weighted by Gasteiger charge is 2.17. The van der Waals surface area contributed by atoms with Crippen LogP contribution in [0, 0.1) is 5.92 Å². The smallest absolute Gasteiger partial charge is 0.259 e. The van der Waals surface area contributed by atoms with Gasteiger partial charge in [0.25, 0.3) is 5.91 Å². The second-order valence-corrected chi connectivity index (χ2v) is 7.77. The van der Waals surface area contributed by atoms with Crippen molar-refractivity contribution < 1.29 is 4.79 Å². The predicted octanol–water partition coefficient (Wildman–Crippen LogP) is 3.21. The number of thiazole rings is 1. The predicted molar refractivity (Wildman–Crippen MR) is 105 cm³/mol. The molecule has 1 N–H and O–H groups in total. The second kappa shape index (κ2) is 7.98. The van der Waals surface area contributed by atoms with Gasteiger partial charge in [-0.1, -0.05) is 6.92 Å². The molecule has 0 atom stereocenters. The molecule has 27 heavy (non-hydrogen) atoms. The number of likely N-dealkylation sites (tertiary alicyclic amines) is 1. The van der Waals surface area contributed by atoms with Crippen LogP contribution in [-0.2, 0) is 6.54 Å². The van der Waals surface area contributed by atoms with Gasteiger partial charge in [-0.3, -0.25) is 15.0 Å². The summed E-state index contributed by atoms with van der Waals surface area (Å²) in [6, 6.07) is 5.34. The molecule has 0 aliphatic carbocycles. The Kier molecular flexibility index (Phi) is 5.26. The lowest BCUT2D eigenvalue weighted by Crippen LogP contribution is -2.32. The molecule has 1 aliphatic rings. The minimum Gasteiger partial charge on any atom is -0.298 e. The maximum Gasteiger partial charge on any atom is 0.259 e. The van der Waals surface area contributed by atoms with Crippen LogP contribution in [0.2, 0.25) is 0 Å². The molecule has 1 saturated heterocycles. The minimum absolute atomic E-state index is 0.206. The van der Waals surface area contributed by atoms with Gasteiger partial charge in [0.15, 0.2) is 10.9 Å². The first-order valence-electron chi connectivity index (χ1n) is 9.11. The Bertz CT molecular complexity index is 881. The maximum atomic E-state index is 12.4. The van der Waals surface area contributed by atoms with Crippen molar-refractivity contribution in [3.8, 4) is 5.82 Å². The Morgan fingerprint density at radius 1 is 1.33 bits per heavy atom. The van der Waals surface area contributed by atoms with Gasteiger partial charge < -0.3 is 0 Å². The number of aromatic nitrogens is 4. The Labute approximate surface area is 162 Å². The van der Waals surface area contributed by atoms with E-state index in [9.17, 15) is 4.79 Å². The number of piperidine rings is 1. The molecule has 7 nitrogen and oxygen atoms in total. The van der Waals surface area contributed by atoms with E-state index in [1.165, 1.54) is 24.2 Å². The lowest BCUT2D eigenvalue weighted by molar-refractivity contribution is 0.102. The summed E-state index contributed by atoms with van der Waals surface area (Å²) in [7, 11) is 0. The molecule has 1 fully saturated rings. The van der Waals surface area contributed by atoms with Crippen molar-refractivity contribution in [3.05, 3.63) is 53.4 Å². The Hall–Kier alpha value is -2.58. The Morgan fingerprint density at radius 3 is 2.89 bits per heavy atom. The van der Waals surface area contributed by atoms with Gasteiger partial charge in [0.1, 0.15) is 0 Å². The van der Waals surface area contributed by atoms with Gasteiger partial charge in [0.05, 0.1) is 11.3 Å². The number of carbonyl (C=O) groups is 1. The van der Waals surface area contributed by atoms with Crippen LogP contribution in [0.3, 0.4) is 0 Å². The van der Waals surface area contributed by atoms with Crippen molar-refractivity contribution in [2.45, 2.75) is 26.3 Å². The topological polar surface area (TPSA) is 75.9 Å². The average Bonchev–Trinajstić information content (AvgIpc) is 3.36. The van der Waals surface area contributed by atoms with E-state index in [4.69, 9.17) is 0 Å². The summed E-state index contributed by atoms with van der Waals surface area (Å²) in [5.74, 6) is 1.28.